The summed E-state index contributed by atoms with van der Waals surface area (Å²) in [6.07, 6.45) is -0.694. The zero-order chi connectivity index (χ0) is 13.7. The molecule has 0 aliphatic carbocycles. The number of nitrogens with one attached hydrogen (secondary N) is 1. The first kappa shape index (κ1) is 15.1. The molecule has 0 bridgehead atoms. The maximum Gasteiger partial charge on any atom is 0.341 e. The van der Waals surface area contributed by atoms with Crippen LogP contribution in [0.4, 0.5) is 5.69 Å². The third-order valence-corrected chi connectivity index (χ3v) is 3.39. The van der Waals surface area contributed by atoms with Crippen LogP contribution in [0.1, 0.15) is 10.4 Å². The van der Waals surface area contributed by atoms with E-state index in [-0.39, 0.29) is 23.7 Å². The number of aliphatic hydroxyl groups excluding tert-OH is 1. The SMILES string of the molecule is COC(=O)c1ccc(NCC(O)CCl)c(Br)c1O. The summed E-state index contributed by atoms with van der Waals surface area (Å²) in [4.78, 5) is 11.3. The van der Waals surface area contributed by atoms with Crippen molar-refractivity contribution in [3.05, 3.63) is 22.2 Å². The number of phenols is 1. The number of rotatable bonds is 5. The number of carbonyl (C=O) groups is 1. The van der Waals surface area contributed by atoms with Gasteiger partial charge in [0.05, 0.1) is 29.3 Å². The van der Waals surface area contributed by atoms with Crippen LogP contribution in [0.5, 0.6) is 5.75 Å². The van der Waals surface area contributed by atoms with Crippen molar-refractivity contribution >= 4 is 39.2 Å². The first-order valence-electron chi connectivity index (χ1n) is 5.09. The molecule has 0 spiro atoms. The number of ether oxygens (including phenoxy) is 1. The molecule has 18 heavy (non-hydrogen) atoms. The van der Waals surface area contributed by atoms with Crippen molar-refractivity contribution in [1.29, 1.82) is 0 Å². The molecule has 1 aromatic carbocycles. The van der Waals surface area contributed by atoms with Crippen LogP contribution in [0.25, 0.3) is 0 Å². The van der Waals surface area contributed by atoms with Gasteiger partial charge in [-0.2, -0.15) is 0 Å². The monoisotopic (exact) mass is 337 g/mol. The number of hydrogen-bond donors (Lipinski definition) is 3. The Hall–Kier alpha value is -0.980. The Kier molecular flexibility index (Phi) is 5.71. The van der Waals surface area contributed by atoms with Crippen LogP contribution in [0.15, 0.2) is 16.6 Å². The van der Waals surface area contributed by atoms with Gasteiger partial charge in [-0.3, -0.25) is 0 Å². The molecule has 0 saturated carbocycles. The fourth-order valence-electron chi connectivity index (χ4n) is 1.26. The minimum Gasteiger partial charge on any atom is -0.506 e. The topological polar surface area (TPSA) is 78.8 Å². The molecule has 1 atom stereocenters. The Morgan fingerprint density at radius 1 is 1.61 bits per heavy atom. The molecule has 100 valence electrons. The molecule has 7 heteroatoms. The highest BCUT2D eigenvalue weighted by Gasteiger charge is 2.16. The second-order valence-electron chi connectivity index (χ2n) is 3.50. The Morgan fingerprint density at radius 3 is 2.83 bits per heavy atom. The lowest BCUT2D eigenvalue weighted by atomic mass is 10.2. The van der Waals surface area contributed by atoms with Crippen molar-refractivity contribution in [2.45, 2.75) is 6.10 Å². The van der Waals surface area contributed by atoms with Crippen LogP contribution >= 0.6 is 27.5 Å². The summed E-state index contributed by atoms with van der Waals surface area (Å²) in [5.74, 6) is -0.732. The van der Waals surface area contributed by atoms with E-state index in [1.54, 1.807) is 6.07 Å². The number of halogens is 2. The second kappa shape index (κ2) is 6.82. The number of anilines is 1. The highest BCUT2D eigenvalue weighted by molar-refractivity contribution is 9.10. The number of esters is 1. The van der Waals surface area contributed by atoms with Gasteiger partial charge in [-0.15, -0.1) is 11.6 Å². The van der Waals surface area contributed by atoms with Gasteiger partial charge in [-0.05, 0) is 28.1 Å². The van der Waals surface area contributed by atoms with Gasteiger partial charge in [-0.25, -0.2) is 4.79 Å². The number of phenolic OH excluding ortho intramolecular Hbond substituents is 1. The second-order valence-corrected chi connectivity index (χ2v) is 4.61. The van der Waals surface area contributed by atoms with E-state index in [0.717, 1.165) is 0 Å². The number of aliphatic hydroxyl groups is 1. The number of hydrogen-bond acceptors (Lipinski definition) is 5. The summed E-state index contributed by atoms with van der Waals surface area (Å²) in [6.45, 7) is 0.235. The molecule has 0 saturated heterocycles. The Balaban J connectivity index is 2.90. The van der Waals surface area contributed by atoms with Gasteiger partial charge >= 0.3 is 5.97 Å². The smallest absolute Gasteiger partial charge is 0.341 e. The van der Waals surface area contributed by atoms with Crippen molar-refractivity contribution in [1.82, 2.24) is 0 Å². The summed E-state index contributed by atoms with van der Waals surface area (Å²) < 4.78 is 4.86. The lowest BCUT2D eigenvalue weighted by Gasteiger charge is -2.13. The molecule has 1 rings (SSSR count). The van der Waals surface area contributed by atoms with E-state index in [1.807, 2.05) is 0 Å². The van der Waals surface area contributed by atoms with Crippen molar-refractivity contribution < 1.29 is 19.7 Å². The first-order valence-corrected chi connectivity index (χ1v) is 6.41. The number of carbonyl (C=O) groups excluding carboxylic acids is 1. The molecule has 0 aromatic heterocycles. The molecule has 0 fully saturated rings. The van der Waals surface area contributed by atoms with Crippen LogP contribution < -0.4 is 5.32 Å². The minimum atomic E-state index is -0.694. The van der Waals surface area contributed by atoms with Gasteiger partial charge < -0.3 is 20.3 Å². The largest absolute Gasteiger partial charge is 0.506 e. The normalized spacial score (nSPS) is 12.0. The van der Waals surface area contributed by atoms with Crippen molar-refractivity contribution in [2.75, 3.05) is 24.9 Å². The molecule has 5 nitrogen and oxygen atoms in total. The van der Waals surface area contributed by atoms with Gasteiger partial charge in [0.1, 0.15) is 11.3 Å². The molecule has 0 amide bonds. The summed E-state index contributed by atoms with van der Waals surface area (Å²) in [5.41, 5.74) is 0.608. The predicted molar refractivity (Wildman–Crippen MR) is 72.4 cm³/mol. The van der Waals surface area contributed by atoms with E-state index in [4.69, 9.17) is 11.6 Å². The van der Waals surface area contributed by atoms with Crippen LogP contribution in [0.3, 0.4) is 0 Å². The predicted octanol–water partition coefficient (Wildman–Crippen LogP) is 1.95. The summed E-state index contributed by atoms with van der Waals surface area (Å²) >= 11 is 8.63. The number of methoxy groups -OCH3 is 1. The lowest BCUT2D eigenvalue weighted by Crippen LogP contribution is -2.21. The highest BCUT2D eigenvalue weighted by atomic mass is 79.9. The van der Waals surface area contributed by atoms with Crippen LogP contribution in [-0.4, -0.2) is 41.8 Å². The van der Waals surface area contributed by atoms with Gasteiger partial charge in [0.2, 0.25) is 0 Å². The van der Waals surface area contributed by atoms with E-state index < -0.39 is 12.1 Å². The number of alkyl halides is 1. The highest BCUT2D eigenvalue weighted by Crippen LogP contribution is 2.35. The van der Waals surface area contributed by atoms with E-state index in [2.05, 4.69) is 26.0 Å². The van der Waals surface area contributed by atoms with E-state index >= 15 is 0 Å². The average Bonchev–Trinajstić information content (AvgIpc) is 2.39. The third-order valence-electron chi connectivity index (χ3n) is 2.23. The van der Waals surface area contributed by atoms with Gasteiger partial charge in [0.15, 0.2) is 0 Å². The van der Waals surface area contributed by atoms with Crippen molar-refractivity contribution in [3.8, 4) is 5.75 Å². The van der Waals surface area contributed by atoms with Crippen LogP contribution in [0, 0.1) is 0 Å². The Bertz CT molecular complexity index is 441. The summed E-state index contributed by atoms with van der Waals surface area (Å²) in [5, 5.41) is 22.0. The minimum absolute atomic E-state index is 0.0628. The van der Waals surface area contributed by atoms with E-state index in [9.17, 15) is 15.0 Å². The molecule has 1 unspecified atom stereocenters. The molecular formula is C11H13BrClNO4. The average molecular weight is 339 g/mol. The maximum atomic E-state index is 11.3. The molecule has 0 aliphatic rings. The van der Waals surface area contributed by atoms with Crippen molar-refractivity contribution in [3.63, 3.8) is 0 Å². The van der Waals surface area contributed by atoms with Crippen LogP contribution in [0.2, 0.25) is 0 Å². The summed E-state index contributed by atoms with van der Waals surface area (Å²) in [6, 6.07) is 3.03. The Labute approximate surface area is 118 Å². The molecule has 0 aliphatic heterocycles. The molecular weight excluding hydrogens is 325 g/mol. The molecule has 0 heterocycles. The Morgan fingerprint density at radius 2 is 2.28 bits per heavy atom. The first-order chi connectivity index (χ1) is 8.51. The number of benzene rings is 1. The lowest BCUT2D eigenvalue weighted by molar-refractivity contribution is 0.0597. The third kappa shape index (κ3) is 3.51. The fourth-order valence-corrected chi connectivity index (χ4v) is 1.85. The van der Waals surface area contributed by atoms with Crippen molar-refractivity contribution in [2.24, 2.45) is 0 Å². The van der Waals surface area contributed by atoms with Gasteiger partial charge in [0.25, 0.3) is 0 Å². The zero-order valence-electron chi connectivity index (χ0n) is 9.61. The van der Waals surface area contributed by atoms with Gasteiger partial charge in [-0.1, -0.05) is 0 Å². The van der Waals surface area contributed by atoms with E-state index in [0.29, 0.717) is 10.2 Å². The molecule has 3 N–H and O–H groups in total. The standard InChI is InChI=1S/C11H13BrClNO4/c1-18-11(17)7-2-3-8(9(12)10(7)16)14-5-6(15)4-13/h2-3,6,14-16H,4-5H2,1H3. The van der Waals surface area contributed by atoms with Gasteiger partial charge in [0, 0.05) is 6.54 Å². The maximum absolute atomic E-state index is 11.3. The molecule has 1 aromatic rings. The van der Waals surface area contributed by atoms with Crippen LogP contribution in [-0.2, 0) is 4.74 Å². The quantitative estimate of drug-likeness (QED) is 0.565. The summed E-state index contributed by atoms with van der Waals surface area (Å²) in [7, 11) is 1.23. The molecule has 0 radical (unpaired) electrons. The van der Waals surface area contributed by atoms with E-state index in [1.165, 1.54) is 13.2 Å². The number of aromatic hydroxyl groups is 1. The fraction of sp³-hybridized carbons (Fsp3) is 0.364. The zero-order valence-corrected chi connectivity index (χ0v) is 12.0.